The smallest absolute Gasteiger partial charge is 0.0541 e. The second-order valence-electron chi connectivity index (χ2n) is 21.4. The molecule has 4 nitrogen and oxygen atoms in total. The van der Waals surface area contributed by atoms with Crippen molar-refractivity contribution in [1.82, 2.24) is 9.13 Å². The number of rotatable bonds is 11. The van der Waals surface area contributed by atoms with Gasteiger partial charge in [-0.25, -0.2) is 0 Å². The Kier molecular flexibility index (Phi) is 12.1. The molecule has 0 aliphatic heterocycles. The molecule has 2 heterocycles. The second-order valence-corrected chi connectivity index (χ2v) is 21.4. The standard InChI is InChI=1S/C76H58N4/c1-51-23-33-63(34-24-51)77(64-35-25-52(2)26-36-64)67-46-60(47-68(50-67)78(65-37-27-53(3)28-38-65)66-39-29-54(4)30-40-66)59-44-57(55-31-41-75-71(48-55)69-19-11-13-21-73(69)79(75)61-15-7-5-8-16-61)43-58(45-59)56-32-42-76-72(49-56)70-20-12-14-22-74(70)80(76)62-17-9-6-10-18-62/h5-50H,1-4H3. The molecular weight excluding hydrogens is 969 g/mol. The Morgan fingerprint density at radius 1 is 0.212 bits per heavy atom. The highest BCUT2D eigenvalue weighted by Gasteiger charge is 2.22. The first-order valence-electron chi connectivity index (χ1n) is 27.6. The Labute approximate surface area is 467 Å². The quantitative estimate of drug-likeness (QED) is 0.128. The lowest BCUT2D eigenvalue weighted by molar-refractivity contribution is 1.18. The Morgan fingerprint density at radius 2 is 0.512 bits per heavy atom. The van der Waals surface area contributed by atoms with Crippen LogP contribution in [0.25, 0.3) is 88.4 Å². The number of benzene rings is 12. The molecule has 0 amide bonds. The molecule has 0 saturated carbocycles. The number of hydrogen-bond acceptors (Lipinski definition) is 2. The molecular formula is C76H58N4. The highest BCUT2D eigenvalue weighted by atomic mass is 15.2. The van der Waals surface area contributed by atoms with E-state index in [0.29, 0.717) is 0 Å². The van der Waals surface area contributed by atoms with Crippen molar-refractivity contribution >= 4 is 77.7 Å². The van der Waals surface area contributed by atoms with Gasteiger partial charge in [0.1, 0.15) is 0 Å². The monoisotopic (exact) mass is 1030 g/mol. The van der Waals surface area contributed by atoms with Gasteiger partial charge < -0.3 is 18.9 Å². The molecule has 0 atom stereocenters. The summed E-state index contributed by atoms with van der Waals surface area (Å²) in [7, 11) is 0. The van der Waals surface area contributed by atoms with Crippen LogP contribution in [0.15, 0.2) is 279 Å². The Balaban J connectivity index is 1.04. The molecule has 0 N–H and O–H groups in total. The van der Waals surface area contributed by atoms with Gasteiger partial charge in [-0.05, 0) is 207 Å². The van der Waals surface area contributed by atoms with Gasteiger partial charge in [-0.3, -0.25) is 0 Å². The fourth-order valence-corrected chi connectivity index (χ4v) is 11.8. The first kappa shape index (κ1) is 48.2. The summed E-state index contributed by atoms with van der Waals surface area (Å²) >= 11 is 0. The summed E-state index contributed by atoms with van der Waals surface area (Å²) in [6.07, 6.45) is 0. The van der Waals surface area contributed by atoms with Crippen molar-refractivity contribution in [2.75, 3.05) is 9.80 Å². The van der Waals surface area contributed by atoms with Crippen LogP contribution >= 0.6 is 0 Å². The summed E-state index contributed by atoms with van der Waals surface area (Å²) < 4.78 is 4.79. The predicted molar refractivity (Wildman–Crippen MR) is 340 cm³/mol. The molecule has 4 heteroatoms. The van der Waals surface area contributed by atoms with E-state index in [0.717, 1.165) is 78.9 Å². The van der Waals surface area contributed by atoms with Crippen LogP contribution in [-0.2, 0) is 0 Å². The van der Waals surface area contributed by atoms with E-state index in [9.17, 15) is 0 Å². The van der Waals surface area contributed by atoms with Crippen molar-refractivity contribution in [3.05, 3.63) is 301 Å². The minimum Gasteiger partial charge on any atom is -0.310 e. The lowest BCUT2D eigenvalue weighted by atomic mass is 9.91. The van der Waals surface area contributed by atoms with E-state index in [1.54, 1.807) is 0 Å². The fourth-order valence-electron chi connectivity index (χ4n) is 11.8. The van der Waals surface area contributed by atoms with Crippen molar-refractivity contribution in [1.29, 1.82) is 0 Å². The number of aromatic nitrogens is 2. The summed E-state index contributed by atoms with van der Waals surface area (Å²) in [4.78, 5) is 4.82. The molecule has 12 aromatic carbocycles. The average molecular weight is 1030 g/mol. The fraction of sp³-hybridized carbons (Fsp3) is 0.0526. The van der Waals surface area contributed by atoms with Crippen molar-refractivity contribution in [3.63, 3.8) is 0 Å². The molecule has 0 unspecified atom stereocenters. The van der Waals surface area contributed by atoms with Crippen LogP contribution in [0.3, 0.4) is 0 Å². The Morgan fingerprint density at radius 3 is 0.875 bits per heavy atom. The average Bonchev–Trinajstić information content (AvgIpc) is 4.13. The van der Waals surface area contributed by atoms with Crippen LogP contribution in [0.5, 0.6) is 0 Å². The zero-order valence-electron chi connectivity index (χ0n) is 45.3. The molecule has 0 saturated heterocycles. The zero-order chi connectivity index (χ0) is 53.8. The SMILES string of the molecule is Cc1ccc(N(c2ccc(C)cc2)c2cc(-c3cc(-c4ccc5c(c4)c4ccccc4n5-c4ccccc4)cc(-c4ccc5c(c4)c4ccccc4n5-c4ccccc4)c3)cc(N(c3ccc(C)cc3)c3ccc(C)cc3)c2)cc1. The zero-order valence-corrected chi connectivity index (χ0v) is 45.3. The molecule has 0 fully saturated rings. The molecule has 14 rings (SSSR count). The maximum Gasteiger partial charge on any atom is 0.0541 e. The van der Waals surface area contributed by atoms with E-state index in [1.165, 1.54) is 65.9 Å². The molecule has 14 aromatic rings. The van der Waals surface area contributed by atoms with E-state index in [1.807, 2.05) is 0 Å². The van der Waals surface area contributed by atoms with Gasteiger partial charge in [0, 0.05) is 67.0 Å². The lowest BCUT2D eigenvalue weighted by Gasteiger charge is -2.30. The van der Waals surface area contributed by atoms with Gasteiger partial charge >= 0.3 is 0 Å². The summed E-state index contributed by atoms with van der Waals surface area (Å²) in [5.41, 5.74) is 25.1. The third kappa shape index (κ3) is 8.78. The van der Waals surface area contributed by atoms with E-state index in [4.69, 9.17) is 0 Å². The topological polar surface area (TPSA) is 16.3 Å². The second kappa shape index (κ2) is 20.0. The largest absolute Gasteiger partial charge is 0.310 e. The molecule has 0 bridgehead atoms. The van der Waals surface area contributed by atoms with Crippen molar-refractivity contribution in [3.8, 4) is 44.8 Å². The van der Waals surface area contributed by atoms with Crippen LogP contribution in [0.1, 0.15) is 22.3 Å². The van der Waals surface area contributed by atoms with Gasteiger partial charge in [0.2, 0.25) is 0 Å². The number of aryl methyl sites for hydroxylation is 4. The van der Waals surface area contributed by atoms with Gasteiger partial charge in [0.25, 0.3) is 0 Å². The summed E-state index contributed by atoms with van der Waals surface area (Å²) in [5.74, 6) is 0. The van der Waals surface area contributed by atoms with Gasteiger partial charge in [0.15, 0.2) is 0 Å². The van der Waals surface area contributed by atoms with E-state index in [2.05, 4.69) is 326 Å². The van der Waals surface area contributed by atoms with Crippen LogP contribution in [0.2, 0.25) is 0 Å². The Hall–Kier alpha value is -10.2. The summed E-state index contributed by atoms with van der Waals surface area (Å²) in [5, 5.41) is 4.88. The lowest BCUT2D eigenvalue weighted by Crippen LogP contribution is -2.14. The third-order valence-electron chi connectivity index (χ3n) is 15.9. The minimum atomic E-state index is 1.05. The molecule has 0 radical (unpaired) electrons. The highest BCUT2D eigenvalue weighted by Crippen LogP contribution is 2.46. The molecule has 0 aliphatic carbocycles. The van der Waals surface area contributed by atoms with Crippen molar-refractivity contribution in [2.24, 2.45) is 0 Å². The highest BCUT2D eigenvalue weighted by molar-refractivity contribution is 6.12. The maximum absolute atomic E-state index is 2.41. The number of para-hydroxylation sites is 4. The van der Waals surface area contributed by atoms with Crippen LogP contribution in [-0.4, -0.2) is 9.13 Å². The first-order valence-corrected chi connectivity index (χ1v) is 27.6. The van der Waals surface area contributed by atoms with Gasteiger partial charge in [-0.1, -0.05) is 156 Å². The number of anilines is 6. The van der Waals surface area contributed by atoms with Crippen molar-refractivity contribution in [2.45, 2.75) is 27.7 Å². The van der Waals surface area contributed by atoms with Crippen molar-refractivity contribution < 1.29 is 0 Å². The van der Waals surface area contributed by atoms with E-state index >= 15 is 0 Å². The van der Waals surface area contributed by atoms with E-state index in [-0.39, 0.29) is 0 Å². The summed E-state index contributed by atoms with van der Waals surface area (Å²) in [6, 6.07) is 103. The minimum absolute atomic E-state index is 1.05. The van der Waals surface area contributed by atoms with Gasteiger partial charge in [-0.15, -0.1) is 0 Å². The summed E-state index contributed by atoms with van der Waals surface area (Å²) in [6.45, 7) is 8.62. The third-order valence-corrected chi connectivity index (χ3v) is 15.9. The molecule has 0 aliphatic rings. The van der Waals surface area contributed by atoms with Gasteiger partial charge in [0.05, 0.1) is 22.1 Å². The molecule has 382 valence electrons. The van der Waals surface area contributed by atoms with E-state index < -0.39 is 0 Å². The maximum atomic E-state index is 2.41. The first-order chi connectivity index (χ1) is 39.3. The van der Waals surface area contributed by atoms with Crippen LogP contribution in [0.4, 0.5) is 34.1 Å². The molecule has 2 aromatic heterocycles. The Bertz CT molecular complexity index is 4210. The molecule has 0 spiro atoms. The number of nitrogens with zero attached hydrogens (tertiary/aromatic N) is 4. The van der Waals surface area contributed by atoms with Crippen LogP contribution in [0, 0.1) is 27.7 Å². The number of hydrogen-bond donors (Lipinski definition) is 0. The predicted octanol–water partition coefficient (Wildman–Crippen LogP) is 21.1. The molecule has 80 heavy (non-hydrogen) atoms. The normalized spacial score (nSPS) is 11.5. The van der Waals surface area contributed by atoms with Crippen LogP contribution < -0.4 is 9.80 Å². The number of fused-ring (bicyclic) bond motifs is 6. The van der Waals surface area contributed by atoms with Gasteiger partial charge in [-0.2, -0.15) is 0 Å².